The number of carbonyl (C=O) groups is 1. The van der Waals surface area contributed by atoms with E-state index in [9.17, 15) is 4.79 Å². The summed E-state index contributed by atoms with van der Waals surface area (Å²) in [6.45, 7) is 4.23. The van der Waals surface area contributed by atoms with E-state index < -0.39 is 0 Å². The summed E-state index contributed by atoms with van der Waals surface area (Å²) in [4.78, 5) is 10.8. The molecule has 1 aromatic carbocycles. The van der Waals surface area contributed by atoms with E-state index in [-0.39, 0.29) is 0 Å². The van der Waals surface area contributed by atoms with Crippen molar-refractivity contribution in [3.8, 4) is 0 Å². The van der Waals surface area contributed by atoms with E-state index in [2.05, 4.69) is 24.6 Å². The summed E-state index contributed by atoms with van der Waals surface area (Å²) in [6, 6.07) is 5.95. The van der Waals surface area contributed by atoms with Gasteiger partial charge in [-0.3, -0.25) is 4.79 Å². The average molecular weight is 209 g/mol. The van der Waals surface area contributed by atoms with Crippen molar-refractivity contribution in [2.24, 2.45) is 0 Å². The highest BCUT2D eigenvalue weighted by Gasteiger charge is 2.04. The van der Waals surface area contributed by atoms with Crippen molar-refractivity contribution in [3.05, 3.63) is 29.3 Å². The van der Waals surface area contributed by atoms with Crippen molar-refractivity contribution in [2.75, 3.05) is 11.0 Å². The highest BCUT2D eigenvalue weighted by molar-refractivity contribution is 7.99. The van der Waals surface area contributed by atoms with Gasteiger partial charge in [-0.05, 0) is 23.6 Å². The van der Waals surface area contributed by atoms with E-state index in [0.717, 1.165) is 17.5 Å². The number of aldehydes is 1. The maximum atomic E-state index is 10.8. The first-order valence-electron chi connectivity index (χ1n) is 4.57. The summed E-state index contributed by atoms with van der Waals surface area (Å²) in [7, 11) is 0. The maximum Gasteiger partial charge on any atom is 0.152 e. The lowest BCUT2D eigenvalue weighted by Crippen LogP contribution is -1.95. The average Bonchev–Trinajstić information content (AvgIpc) is 2.18. The Kier molecular flexibility index (Phi) is 4.01. The zero-order chi connectivity index (χ0) is 10.6. The van der Waals surface area contributed by atoms with Crippen molar-refractivity contribution in [3.63, 3.8) is 0 Å². The molecule has 0 spiro atoms. The van der Waals surface area contributed by atoms with Gasteiger partial charge in [0.2, 0.25) is 0 Å². The Hall–Kier alpha value is -0.960. The van der Waals surface area contributed by atoms with E-state index in [0.29, 0.717) is 5.92 Å². The first-order chi connectivity index (χ1) is 6.69. The van der Waals surface area contributed by atoms with E-state index in [1.54, 1.807) is 0 Å². The second kappa shape index (κ2) is 5.05. The van der Waals surface area contributed by atoms with Gasteiger partial charge in [0.15, 0.2) is 6.29 Å². The molecule has 0 bridgehead atoms. The third-order valence-corrected chi connectivity index (χ3v) is 2.51. The van der Waals surface area contributed by atoms with Crippen molar-refractivity contribution in [1.82, 2.24) is 0 Å². The van der Waals surface area contributed by atoms with Crippen LogP contribution in [0.3, 0.4) is 0 Å². The van der Waals surface area contributed by atoms with Crippen molar-refractivity contribution in [1.29, 1.82) is 0 Å². The number of rotatable bonds is 4. The van der Waals surface area contributed by atoms with E-state index in [1.165, 1.54) is 17.5 Å². The zero-order valence-corrected chi connectivity index (χ0v) is 9.52. The van der Waals surface area contributed by atoms with Crippen LogP contribution in [-0.4, -0.2) is 12.5 Å². The molecule has 1 aromatic rings. The van der Waals surface area contributed by atoms with Crippen molar-refractivity contribution < 1.29 is 4.79 Å². The predicted octanol–water partition coefficient (Wildman–Crippen LogP) is 3.31. The molecule has 2 nitrogen and oxygen atoms in total. The normalized spacial score (nSPS) is 10.3. The van der Waals surface area contributed by atoms with Gasteiger partial charge in [0.05, 0.1) is 5.69 Å². The van der Waals surface area contributed by atoms with Gasteiger partial charge in [-0.15, -0.1) is 0 Å². The summed E-state index contributed by atoms with van der Waals surface area (Å²) in [5.74, 6) is 0.456. The second-order valence-corrected chi connectivity index (χ2v) is 4.04. The molecule has 0 unspecified atom stereocenters. The number of anilines is 1. The van der Waals surface area contributed by atoms with Crippen LogP contribution in [0, 0.1) is 0 Å². The van der Waals surface area contributed by atoms with Crippen LogP contribution < -0.4 is 4.72 Å². The number of carbonyl (C=O) groups excluding carboxylic acids is 1. The van der Waals surface area contributed by atoms with Crippen LogP contribution in [0.1, 0.15) is 35.7 Å². The zero-order valence-electron chi connectivity index (χ0n) is 8.70. The lowest BCUT2D eigenvalue weighted by molar-refractivity contribution is 0.112. The van der Waals surface area contributed by atoms with Crippen LogP contribution >= 0.6 is 11.9 Å². The molecule has 0 heterocycles. The summed E-state index contributed by atoms with van der Waals surface area (Å²) >= 11 is 1.49. The Labute approximate surface area is 89.2 Å². The molecule has 0 aliphatic carbocycles. The monoisotopic (exact) mass is 209 g/mol. The van der Waals surface area contributed by atoms with Crippen LogP contribution in [0.2, 0.25) is 0 Å². The van der Waals surface area contributed by atoms with Crippen molar-refractivity contribution >= 4 is 23.9 Å². The summed E-state index contributed by atoms with van der Waals surface area (Å²) in [6.07, 6.45) is 2.83. The summed E-state index contributed by atoms with van der Waals surface area (Å²) in [5, 5.41) is 0. The van der Waals surface area contributed by atoms with Gasteiger partial charge >= 0.3 is 0 Å². The molecule has 3 heteroatoms. The van der Waals surface area contributed by atoms with Gasteiger partial charge in [-0.2, -0.15) is 0 Å². The van der Waals surface area contributed by atoms with Gasteiger partial charge in [0.25, 0.3) is 0 Å². The van der Waals surface area contributed by atoms with E-state index in [1.807, 2.05) is 18.4 Å². The molecule has 76 valence electrons. The molecule has 0 aromatic heterocycles. The minimum atomic E-state index is 0.456. The van der Waals surface area contributed by atoms with Crippen LogP contribution in [0.4, 0.5) is 5.69 Å². The Morgan fingerprint density at radius 2 is 2.14 bits per heavy atom. The summed E-state index contributed by atoms with van der Waals surface area (Å²) in [5.41, 5.74) is 2.81. The van der Waals surface area contributed by atoms with Gasteiger partial charge in [-0.25, -0.2) is 0 Å². The summed E-state index contributed by atoms with van der Waals surface area (Å²) < 4.78 is 3.08. The molecule has 1 N–H and O–H groups in total. The lowest BCUT2D eigenvalue weighted by Gasteiger charge is -2.10. The highest BCUT2D eigenvalue weighted by Crippen LogP contribution is 2.22. The molecule has 0 saturated heterocycles. The molecular weight excluding hydrogens is 194 g/mol. The van der Waals surface area contributed by atoms with Gasteiger partial charge in [-0.1, -0.05) is 31.9 Å². The molecule has 0 amide bonds. The molecule has 14 heavy (non-hydrogen) atoms. The Morgan fingerprint density at radius 1 is 1.43 bits per heavy atom. The SMILES string of the molecule is CSNc1ccc(C(C)C)cc1C=O. The predicted molar refractivity (Wildman–Crippen MR) is 63.1 cm³/mol. The minimum Gasteiger partial charge on any atom is -0.329 e. The van der Waals surface area contributed by atoms with Crippen LogP contribution in [0.25, 0.3) is 0 Å². The lowest BCUT2D eigenvalue weighted by atomic mass is 10.0. The molecule has 0 aliphatic heterocycles. The number of hydrogen-bond acceptors (Lipinski definition) is 3. The maximum absolute atomic E-state index is 10.8. The third-order valence-electron chi connectivity index (χ3n) is 2.08. The fraction of sp³-hybridized carbons (Fsp3) is 0.364. The van der Waals surface area contributed by atoms with Gasteiger partial charge in [0.1, 0.15) is 0 Å². The molecule has 1 rings (SSSR count). The Bertz CT molecular complexity index is 323. The van der Waals surface area contributed by atoms with Crippen LogP contribution in [-0.2, 0) is 0 Å². The quantitative estimate of drug-likeness (QED) is 0.609. The first kappa shape index (κ1) is 11.1. The molecular formula is C11H15NOS. The van der Waals surface area contributed by atoms with E-state index in [4.69, 9.17) is 0 Å². The highest BCUT2D eigenvalue weighted by atomic mass is 32.2. The fourth-order valence-corrected chi connectivity index (χ4v) is 1.65. The third kappa shape index (κ3) is 2.51. The van der Waals surface area contributed by atoms with Crippen molar-refractivity contribution in [2.45, 2.75) is 19.8 Å². The van der Waals surface area contributed by atoms with Crippen LogP contribution in [0.15, 0.2) is 18.2 Å². The molecule has 0 atom stereocenters. The smallest absolute Gasteiger partial charge is 0.152 e. The molecule has 0 radical (unpaired) electrons. The Balaban J connectivity index is 3.04. The van der Waals surface area contributed by atoms with E-state index >= 15 is 0 Å². The second-order valence-electron chi connectivity index (χ2n) is 3.43. The fourth-order valence-electron chi connectivity index (χ4n) is 1.24. The number of hydrogen-bond donors (Lipinski definition) is 1. The first-order valence-corrected chi connectivity index (χ1v) is 5.79. The van der Waals surface area contributed by atoms with Crippen LogP contribution in [0.5, 0.6) is 0 Å². The standard InChI is InChI=1S/C11H15NOS/c1-8(2)9-4-5-11(12-14-3)10(6-9)7-13/h4-8,12H,1-3H3. The molecule has 0 aliphatic rings. The van der Waals surface area contributed by atoms with Gasteiger partial charge in [0, 0.05) is 11.8 Å². The Morgan fingerprint density at radius 3 is 2.64 bits per heavy atom. The number of nitrogens with one attached hydrogen (secondary N) is 1. The number of benzene rings is 1. The topological polar surface area (TPSA) is 29.1 Å². The molecule has 0 fully saturated rings. The molecule has 0 saturated carbocycles. The minimum absolute atomic E-state index is 0.456. The van der Waals surface area contributed by atoms with Gasteiger partial charge < -0.3 is 4.72 Å². The largest absolute Gasteiger partial charge is 0.329 e.